The van der Waals surface area contributed by atoms with E-state index in [4.69, 9.17) is 9.47 Å². The van der Waals surface area contributed by atoms with Crippen molar-refractivity contribution < 1.29 is 19.1 Å². The monoisotopic (exact) mass is 378 g/mol. The number of benzene rings is 3. The van der Waals surface area contributed by atoms with Crippen molar-refractivity contribution in [1.29, 1.82) is 0 Å². The van der Waals surface area contributed by atoms with Crippen LogP contribution in [0.5, 0.6) is 11.5 Å². The summed E-state index contributed by atoms with van der Waals surface area (Å²) in [4.78, 5) is 23.7. The van der Waals surface area contributed by atoms with Crippen molar-refractivity contribution in [3.63, 3.8) is 0 Å². The fourth-order valence-corrected chi connectivity index (χ4v) is 2.62. The van der Waals surface area contributed by atoms with Gasteiger partial charge in [0.1, 0.15) is 11.5 Å². The van der Waals surface area contributed by atoms with Crippen molar-refractivity contribution in [3.05, 3.63) is 72.3 Å². The first kappa shape index (κ1) is 19.2. The van der Waals surface area contributed by atoms with Crippen molar-refractivity contribution in [1.82, 2.24) is 10.9 Å². The van der Waals surface area contributed by atoms with Crippen molar-refractivity contribution in [2.24, 2.45) is 0 Å². The molecule has 0 unspecified atom stereocenters. The molecule has 28 heavy (non-hydrogen) atoms. The molecule has 0 atom stereocenters. The van der Waals surface area contributed by atoms with E-state index in [1.165, 1.54) is 0 Å². The highest BCUT2D eigenvalue weighted by molar-refractivity contribution is 5.85. The second-order valence-electron chi connectivity index (χ2n) is 6.18. The van der Waals surface area contributed by atoms with E-state index in [0.717, 1.165) is 22.8 Å². The normalized spacial score (nSPS) is 10.3. The molecule has 3 aromatic rings. The lowest BCUT2D eigenvalue weighted by Gasteiger charge is -2.10. The summed E-state index contributed by atoms with van der Waals surface area (Å²) in [5, 5.41) is 2.12. The zero-order valence-electron chi connectivity index (χ0n) is 15.6. The molecule has 0 saturated heterocycles. The minimum atomic E-state index is -0.463. The van der Waals surface area contributed by atoms with Gasteiger partial charge >= 0.3 is 0 Å². The van der Waals surface area contributed by atoms with Crippen LogP contribution in [-0.2, 0) is 16.0 Å². The Kier molecular flexibility index (Phi) is 6.46. The molecule has 2 N–H and O–H groups in total. The number of hydrogen-bond donors (Lipinski definition) is 2. The zero-order chi connectivity index (χ0) is 19.8. The van der Waals surface area contributed by atoms with Gasteiger partial charge in [0, 0.05) is 0 Å². The second-order valence-corrected chi connectivity index (χ2v) is 6.18. The van der Waals surface area contributed by atoms with E-state index in [2.05, 4.69) is 10.9 Å². The van der Waals surface area contributed by atoms with E-state index >= 15 is 0 Å². The standard InChI is InChI=1S/C22H22N2O4/c1-2-16-6-5-9-19(12-16)27-14-21(25)23-24-22(26)15-28-20-11-10-17-7-3-4-8-18(17)13-20/h3-13H,2,14-15H2,1H3,(H,23,25)(H,24,26). The summed E-state index contributed by atoms with van der Waals surface area (Å²) in [5.74, 6) is 0.273. The maximum atomic E-state index is 11.9. The molecule has 0 aliphatic heterocycles. The fraction of sp³-hybridized carbons (Fsp3) is 0.182. The molecule has 0 aliphatic carbocycles. The number of nitrogens with one attached hydrogen (secondary N) is 2. The van der Waals surface area contributed by atoms with Crippen LogP contribution in [0.25, 0.3) is 10.8 Å². The molecular formula is C22H22N2O4. The van der Waals surface area contributed by atoms with E-state index in [9.17, 15) is 9.59 Å². The van der Waals surface area contributed by atoms with Crippen molar-refractivity contribution >= 4 is 22.6 Å². The molecule has 3 aromatic carbocycles. The average Bonchev–Trinajstić information content (AvgIpc) is 2.74. The van der Waals surface area contributed by atoms with Gasteiger partial charge in [0.05, 0.1) is 0 Å². The molecule has 6 heteroatoms. The fourth-order valence-electron chi connectivity index (χ4n) is 2.62. The largest absolute Gasteiger partial charge is 0.484 e. The van der Waals surface area contributed by atoms with Gasteiger partial charge in [-0.1, -0.05) is 49.4 Å². The summed E-state index contributed by atoms with van der Waals surface area (Å²) in [6, 6.07) is 21.0. The van der Waals surface area contributed by atoms with E-state index in [1.807, 2.05) is 61.5 Å². The summed E-state index contributed by atoms with van der Waals surface area (Å²) < 4.78 is 10.9. The summed E-state index contributed by atoms with van der Waals surface area (Å²) in [6.07, 6.45) is 0.886. The molecule has 0 bridgehead atoms. The molecule has 0 fully saturated rings. The smallest absolute Gasteiger partial charge is 0.276 e. The highest BCUT2D eigenvalue weighted by Crippen LogP contribution is 2.20. The van der Waals surface area contributed by atoms with Crippen LogP contribution in [0.2, 0.25) is 0 Å². The Morgan fingerprint density at radius 3 is 2.07 bits per heavy atom. The highest BCUT2D eigenvalue weighted by Gasteiger charge is 2.07. The van der Waals surface area contributed by atoms with Gasteiger partial charge in [-0.2, -0.15) is 0 Å². The Balaban J connectivity index is 1.40. The maximum absolute atomic E-state index is 11.9. The van der Waals surface area contributed by atoms with Gasteiger partial charge in [-0.25, -0.2) is 0 Å². The van der Waals surface area contributed by atoms with Gasteiger partial charge in [-0.15, -0.1) is 0 Å². The molecule has 0 aliphatic rings. The van der Waals surface area contributed by atoms with Crippen LogP contribution >= 0.6 is 0 Å². The van der Waals surface area contributed by atoms with E-state index in [1.54, 1.807) is 12.1 Å². The number of rotatable bonds is 7. The molecule has 0 radical (unpaired) electrons. The lowest BCUT2D eigenvalue weighted by molar-refractivity contribution is -0.131. The first-order valence-corrected chi connectivity index (χ1v) is 9.05. The minimum absolute atomic E-state index is 0.195. The number of hydrazine groups is 1. The van der Waals surface area contributed by atoms with Gasteiger partial charge in [0.2, 0.25) is 0 Å². The number of fused-ring (bicyclic) bond motifs is 1. The van der Waals surface area contributed by atoms with Gasteiger partial charge in [0.15, 0.2) is 13.2 Å². The predicted molar refractivity (Wildman–Crippen MR) is 107 cm³/mol. The lowest BCUT2D eigenvalue weighted by atomic mass is 10.1. The van der Waals surface area contributed by atoms with Crippen LogP contribution < -0.4 is 20.3 Å². The first-order valence-electron chi connectivity index (χ1n) is 9.05. The molecule has 144 valence electrons. The highest BCUT2D eigenvalue weighted by atomic mass is 16.5. The third-order valence-electron chi connectivity index (χ3n) is 4.11. The molecule has 0 aromatic heterocycles. The number of aryl methyl sites for hydroxylation is 1. The Hall–Kier alpha value is -3.54. The summed E-state index contributed by atoms with van der Waals surface area (Å²) in [7, 11) is 0. The Bertz CT molecular complexity index is 971. The number of ether oxygens (including phenoxy) is 2. The predicted octanol–water partition coefficient (Wildman–Crippen LogP) is 3.01. The molecular weight excluding hydrogens is 356 g/mol. The Labute approximate surface area is 163 Å². The minimum Gasteiger partial charge on any atom is -0.484 e. The van der Waals surface area contributed by atoms with Crippen molar-refractivity contribution in [2.75, 3.05) is 13.2 Å². The lowest BCUT2D eigenvalue weighted by Crippen LogP contribution is -2.45. The second kappa shape index (κ2) is 9.41. The van der Waals surface area contributed by atoms with Crippen LogP contribution in [0, 0.1) is 0 Å². The molecule has 0 heterocycles. The maximum Gasteiger partial charge on any atom is 0.276 e. The molecule has 0 spiro atoms. The summed E-state index contributed by atoms with van der Waals surface area (Å²) >= 11 is 0. The van der Waals surface area contributed by atoms with Crippen LogP contribution in [0.15, 0.2) is 66.7 Å². The SMILES string of the molecule is CCc1cccc(OCC(=O)NNC(=O)COc2ccc3ccccc3c2)c1. The molecule has 2 amide bonds. The number of amides is 2. The topological polar surface area (TPSA) is 76.7 Å². The van der Waals surface area contributed by atoms with Gasteiger partial charge in [-0.05, 0) is 47.0 Å². The summed E-state index contributed by atoms with van der Waals surface area (Å²) in [5.41, 5.74) is 5.73. The first-order chi connectivity index (χ1) is 13.6. The number of carbonyl (C=O) groups excluding carboxylic acids is 2. The van der Waals surface area contributed by atoms with Crippen LogP contribution in [-0.4, -0.2) is 25.0 Å². The number of carbonyl (C=O) groups is 2. The van der Waals surface area contributed by atoms with Crippen LogP contribution in [0.4, 0.5) is 0 Å². The summed E-state index contributed by atoms with van der Waals surface area (Å²) in [6.45, 7) is 1.64. The van der Waals surface area contributed by atoms with Gasteiger partial charge < -0.3 is 9.47 Å². The van der Waals surface area contributed by atoms with Gasteiger partial charge in [0.25, 0.3) is 11.8 Å². The van der Waals surface area contributed by atoms with Gasteiger partial charge in [-0.3, -0.25) is 20.4 Å². The molecule has 3 rings (SSSR count). The molecule has 6 nitrogen and oxygen atoms in total. The van der Waals surface area contributed by atoms with Crippen LogP contribution in [0.1, 0.15) is 12.5 Å². The number of hydrogen-bond acceptors (Lipinski definition) is 4. The quantitative estimate of drug-likeness (QED) is 0.620. The van der Waals surface area contributed by atoms with Crippen molar-refractivity contribution in [2.45, 2.75) is 13.3 Å². The third-order valence-corrected chi connectivity index (χ3v) is 4.11. The zero-order valence-corrected chi connectivity index (χ0v) is 15.6. The molecule has 0 saturated carbocycles. The van der Waals surface area contributed by atoms with Crippen molar-refractivity contribution in [3.8, 4) is 11.5 Å². The van der Waals surface area contributed by atoms with E-state index in [0.29, 0.717) is 11.5 Å². The third kappa shape index (κ3) is 5.48. The van der Waals surface area contributed by atoms with Crippen LogP contribution in [0.3, 0.4) is 0 Å². The average molecular weight is 378 g/mol. The van der Waals surface area contributed by atoms with E-state index < -0.39 is 11.8 Å². The van der Waals surface area contributed by atoms with E-state index in [-0.39, 0.29) is 13.2 Å². The Morgan fingerprint density at radius 1 is 0.750 bits per heavy atom. The Morgan fingerprint density at radius 2 is 1.39 bits per heavy atom.